The molecule has 2 nitrogen and oxygen atoms in total. The Labute approximate surface area is 136 Å². The van der Waals surface area contributed by atoms with Crippen molar-refractivity contribution in [1.82, 2.24) is 4.98 Å². The highest BCUT2D eigenvalue weighted by Crippen LogP contribution is 2.31. The second-order valence-electron chi connectivity index (χ2n) is 4.85. The molecule has 1 aromatic heterocycles. The van der Waals surface area contributed by atoms with E-state index in [-0.39, 0.29) is 0 Å². The molecule has 2 aromatic carbocycles. The molecule has 0 amide bonds. The van der Waals surface area contributed by atoms with Gasteiger partial charge in [-0.05, 0) is 48.9 Å². The quantitative estimate of drug-likeness (QED) is 0.349. The molecule has 0 radical (unpaired) electrons. The first-order valence-corrected chi connectivity index (χ1v) is 8.76. The van der Waals surface area contributed by atoms with Gasteiger partial charge in [0.15, 0.2) is 0 Å². The van der Waals surface area contributed by atoms with E-state index in [4.69, 9.17) is 4.98 Å². The largest absolute Gasteiger partial charge is 0.365 e. The molecule has 0 bridgehead atoms. The number of nitrogens with zero attached hydrogens (tertiary/aromatic N) is 2. The van der Waals surface area contributed by atoms with E-state index < -0.39 is 0 Å². The van der Waals surface area contributed by atoms with E-state index in [1.54, 1.807) is 11.3 Å². The highest BCUT2D eigenvalue weighted by molar-refractivity contribution is 14.1. The number of benzene rings is 2. The van der Waals surface area contributed by atoms with E-state index in [1.165, 1.54) is 21.5 Å². The first-order valence-electron chi connectivity index (χ1n) is 6.42. The molecule has 1 heterocycles. The molecule has 3 rings (SSSR count). The molecule has 0 saturated carbocycles. The third kappa shape index (κ3) is 2.67. The average molecular weight is 394 g/mol. The number of thiazole rings is 1. The Morgan fingerprint density at radius 1 is 1.15 bits per heavy atom. The fraction of sp³-hybridized carbons (Fsp3) is 0.188. The summed E-state index contributed by atoms with van der Waals surface area (Å²) in [5.41, 5.74) is 4.80. The van der Waals surface area contributed by atoms with Gasteiger partial charge in [0.25, 0.3) is 0 Å². The Kier molecular flexibility index (Phi) is 3.94. The number of aryl methyl sites for hydroxylation is 1. The summed E-state index contributed by atoms with van der Waals surface area (Å²) in [6, 6.07) is 15.0. The third-order valence-corrected chi connectivity index (χ3v) is 5.37. The maximum Gasteiger partial charge on any atom is 0.124 e. The predicted molar refractivity (Wildman–Crippen MR) is 97.1 cm³/mol. The summed E-state index contributed by atoms with van der Waals surface area (Å²) < 4.78 is 2.24. The Morgan fingerprint density at radius 2 is 1.90 bits per heavy atom. The zero-order valence-electron chi connectivity index (χ0n) is 11.4. The van der Waals surface area contributed by atoms with Gasteiger partial charge in [0.1, 0.15) is 5.01 Å². The first-order chi connectivity index (χ1) is 9.67. The maximum atomic E-state index is 4.72. The lowest BCUT2D eigenvalue weighted by atomic mass is 10.2. The number of anilines is 1. The van der Waals surface area contributed by atoms with E-state index in [0.717, 1.165) is 15.1 Å². The second kappa shape index (κ2) is 5.69. The molecule has 0 aliphatic rings. The van der Waals surface area contributed by atoms with Gasteiger partial charge in [0.05, 0.1) is 14.8 Å². The van der Waals surface area contributed by atoms with Crippen LogP contribution in [0.3, 0.4) is 0 Å². The van der Waals surface area contributed by atoms with Gasteiger partial charge < -0.3 is 4.90 Å². The van der Waals surface area contributed by atoms with Gasteiger partial charge in [0.2, 0.25) is 0 Å². The fourth-order valence-corrected chi connectivity index (χ4v) is 3.55. The molecule has 0 aliphatic carbocycles. The van der Waals surface area contributed by atoms with Gasteiger partial charge in [-0.15, -0.1) is 11.3 Å². The van der Waals surface area contributed by atoms with Crippen LogP contribution in [0.2, 0.25) is 0 Å². The molecule has 0 N–H and O–H groups in total. The number of rotatable bonds is 3. The maximum absolute atomic E-state index is 4.72. The average Bonchev–Trinajstić information content (AvgIpc) is 2.89. The van der Waals surface area contributed by atoms with Crippen molar-refractivity contribution in [3.8, 4) is 10.6 Å². The van der Waals surface area contributed by atoms with Crippen molar-refractivity contribution in [3.05, 3.63) is 48.0 Å². The molecule has 20 heavy (non-hydrogen) atoms. The zero-order valence-corrected chi connectivity index (χ0v) is 14.4. The van der Waals surface area contributed by atoms with E-state index in [0.29, 0.717) is 0 Å². The van der Waals surface area contributed by atoms with Gasteiger partial charge >= 0.3 is 0 Å². The molecular formula is C16H15IN2S. The number of hydrogen-bond donors (Lipinski definition) is 0. The van der Waals surface area contributed by atoms with Crippen molar-refractivity contribution in [2.24, 2.45) is 0 Å². The highest BCUT2D eigenvalue weighted by atomic mass is 127. The monoisotopic (exact) mass is 394 g/mol. The fourth-order valence-electron chi connectivity index (χ4n) is 2.08. The van der Waals surface area contributed by atoms with Crippen LogP contribution in [0.4, 0.5) is 5.69 Å². The number of fused-ring (bicyclic) bond motifs is 1. The van der Waals surface area contributed by atoms with Crippen molar-refractivity contribution in [2.45, 2.75) is 6.92 Å². The Morgan fingerprint density at radius 3 is 2.60 bits per heavy atom. The topological polar surface area (TPSA) is 16.1 Å². The summed E-state index contributed by atoms with van der Waals surface area (Å²) in [6.45, 7) is 2.12. The number of halogens is 1. The smallest absolute Gasteiger partial charge is 0.124 e. The van der Waals surface area contributed by atoms with E-state index >= 15 is 0 Å². The van der Waals surface area contributed by atoms with Gasteiger partial charge in [-0.1, -0.05) is 28.7 Å². The summed E-state index contributed by atoms with van der Waals surface area (Å²) in [7, 11) is 2.10. The van der Waals surface area contributed by atoms with Crippen LogP contribution in [0.15, 0.2) is 42.5 Å². The molecule has 0 fully saturated rings. The van der Waals surface area contributed by atoms with E-state index in [1.807, 2.05) is 0 Å². The Hall–Kier alpha value is -1.14. The molecule has 0 atom stereocenters. The number of hydrogen-bond acceptors (Lipinski definition) is 3. The lowest BCUT2D eigenvalue weighted by molar-refractivity contribution is 1.12. The SMILES string of the molecule is Cc1ccc2nc(-c3ccc(N(C)CI)cc3)sc2c1. The molecule has 0 saturated heterocycles. The Bertz CT molecular complexity index is 734. The second-order valence-corrected chi connectivity index (χ2v) is 6.57. The van der Waals surface area contributed by atoms with Crippen molar-refractivity contribution in [1.29, 1.82) is 0 Å². The number of alkyl halides is 1. The van der Waals surface area contributed by atoms with E-state index in [2.05, 4.69) is 83.9 Å². The van der Waals surface area contributed by atoms with Crippen LogP contribution in [0.5, 0.6) is 0 Å². The predicted octanol–water partition coefficient (Wildman–Crippen LogP) is 5.10. The summed E-state index contributed by atoms with van der Waals surface area (Å²) >= 11 is 4.12. The van der Waals surface area contributed by atoms with Gasteiger partial charge in [-0.25, -0.2) is 4.98 Å². The highest BCUT2D eigenvalue weighted by Gasteiger charge is 2.07. The van der Waals surface area contributed by atoms with Crippen LogP contribution >= 0.6 is 33.9 Å². The Balaban J connectivity index is 1.98. The molecule has 102 valence electrons. The molecule has 0 unspecified atom stereocenters. The van der Waals surface area contributed by atoms with Crippen LogP contribution in [0, 0.1) is 6.92 Å². The number of aromatic nitrogens is 1. The minimum absolute atomic E-state index is 0.984. The zero-order chi connectivity index (χ0) is 14.1. The van der Waals surface area contributed by atoms with Crippen molar-refractivity contribution < 1.29 is 0 Å². The van der Waals surface area contributed by atoms with Crippen LogP contribution < -0.4 is 4.90 Å². The summed E-state index contributed by atoms with van der Waals surface area (Å²) in [5, 5.41) is 1.09. The van der Waals surface area contributed by atoms with Gasteiger partial charge in [-0.3, -0.25) is 0 Å². The van der Waals surface area contributed by atoms with Crippen LogP contribution in [-0.2, 0) is 0 Å². The molecule has 3 aromatic rings. The third-order valence-electron chi connectivity index (χ3n) is 3.28. The molecule has 4 heteroatoms. The molecule has 0 aliphatic heterocycles. The minimum atomic E-state index is 0.984. The lowest BCUT2D eigenvalue weighted by Crippen LogP contribution is -2.13. The standard InChI is InChI=1S/C16H15IN2S/c1-11-3-8-14-15(9-11)20-16(18-14)12-4-6-13(7-5-12)19(2)10-17/h3-9H,10H2,1-2H3. The molecular weight excluding hydrogens is 379 g/mol. The summed E-state index contributed by atoms with van der Waals surface area (Å²) in [5.74, 6) is 0. The molecule has 0 spiro atoms. The normalized spacial score (nSPS) is 10.9. The van der Waals surface area contributed by atoms with E-state index in [9.17, 15) is 0 Å². The van der Waals surface area contributed by atoms with Crippen molar-refractivity contribution in [3.63, 3.8) is 0 Å². The van der Waals surface area contributed by atoms with Crippen LogP contribution in [0.1, 0.15) is 5.56 Å². The minimum Gasteiger partial charge on any atom is -0.365 e. The van der Waals surface area contributed by atoms with Crippen molar-refractivity contribution in [2.75, 3.05) is 16.5 Å². The van der Waals surface area contributed by atoms with Crippen molar-refractivity contribution >= 4 is 49.8 Å². The van der Waals surface area contributed by atoms with Gasteiger partial charge in [-0.2, -0.15) is 0 Å². The summed E-state index contributed by atoms with van der Waals surface area (Å²) in [6.07, 6.45) is 0. The first kappa shape index (κ1) is 13.8. The van der Waals surface area contributed by atoms with Gasteiger partial charge in [0, 0.05) is 18.3 Å². The van der Waals surface area contributed by atoms with Crippen LogP contribution in [0.25, 0.3) is 20.8 Å². The lowest BCUT2D eigenvalue weighted by Gasteiger charge is -2.15. The summed E-state index contributed by atoms with van der Waals surface area (Å²) in [4.78, 5) is 6.94. The van der Waals surface area contributed by atoms with Crippen LogP contribution in [-0.4, -0.2) is 16.6 Å².